The maximum Gasteiger partial charge on any atom is 0.330 e. The maximum atomic E-state index is 12.4. The van der Waals surface area contributed by atoms with Gasteiger partial charge in [0.2, 0.25) is 0 Å². The van der Waals surface area contributed by atoms with Gasteiger partial charge in [-0.05, 0) is 51.3 Å². The Balaban J connectivity index is 1.60. The molecule has 0 spiro atoms. The number of benzene rings is 1. The lowest BCUT2D eigenvalue weighted by atomic mass is 10.1. The van der Waals surface area contributed by atoms with Crippen LogP contribution in [0.1, 0.15) is 31.9 Å². The summed E-state index contributed by atoms with van der Waals surface area (Å²) >= 11 is 0. The zero-order valence-electron chi connectivity index (χ0n) is 15.2. The normalized spacial score (nSPS) is 18.5. The standard InChI is InChI=1S/C19H25N3O4/c1-13-11-20-19(24)22(13)16-7-5-6-15(10-16)21-18(23)14(2)26-12-17-8-3-4-9-25-17/h5-7,10-11,14,17H,3-4,8-9,12H2,1-2H3,(H,20,24)(H,21,23)/t14-,17-/m0/s1. The Bertz CT molecular complexity index is 805. The SMILES string of the molecule is Cc1c[nH]c(=O)n1-c1cccc(NC(=O)[C@H](C)OC[C@@H]2CCCCO2)c1. The van der Waals surface area contributed by atoms with Crippen molar-refractivity contribution in [1.82, 2.24) is 9.55 Å². The molecule has 7 heteroatoms. The molecule has 2 N–H and O–H groups in total. The molecule has 1 aliphatic rings. The third-order valence-electron chi connectivity index (χ3n) is 4.51. The van der Waals surface area contributed by atoms with E-state index in [4.69, 9.17) is 9.47 Å². The number of H-pyrrole nitrogens is 1. The zero-order valence-corrected chi connectivity index (χ0v) is 15.2. The summed E-state index contributed by atoms with van der Waals surface area (Å²) in [7, 11) is 0. The van der Waals surface area contributed by atoms with Gasteiger partial charge in [-0.2, -0.15) is 0 Å². The molecule has 2 aromatic rings. The molecule has 140 valence electrons. The van der Waals surface area contributed by atoms with Crippen LogP contribution in [-0.4, -0.2) is 40.9 Å². The smallest absolute Gasteiger partial charge is 0.330 e. The van der Waals surface area contributed by atoms with Crippen LogP contribution in [0.25, 0.3) is 5.69 Å². The van der Waals surface area contributed by atoms with Gasteiger partial charge in [0.1, 0.15) is 6.10 Å². The van der Waals surface area contributed by atoms with Gasteiger partial charge in [0, 0.05) is 24.2 Å². The molecule has 1 amide bonds. The first-order valence-corrected chi connectivity index (χ1v) is 8.96. The third-order valence-corrected chi connectivity index (χ3v) is 4.51. The number of rotatable bonds is 6. The highest BCUT2D eigenvalue weighted by Gasteiger charge is 2.19. The Hall–Kier alpha value is -2.38. The molecule has 26 heavy (non-hydrogen) atoms. The molecular weight excluding hydrogens is 334 g/mol. The summed E-state index contributed by atoms with van der Waals surface area (Å²) < 4.78 is 12.8. The van der Waals surface area contributed by atoms with Crippen molar-refractivity contribution in [1.29, 1.82) is 0 Å². The van der Waals surface area contributed by atoms with Gasteiger partial charge < -0.3 is 19.8 Å². The van der Waals surface area contributed by atoms with Crippen LogP contribution >= 0.6 is 0 Å². The summed E-state index contributed by atoms with van der Waals surface area (Å²) in [5, 5.41) is 2.84. The number of ether oxygens (including phenoxy) is 2. The van der Waals surface area contributed by atoms with Crippen LogP contribution in [-0.2, 0) is 14.3 Å². The third kappa shape index (κ3) is 4.42. The van der Waals surface area contributed by atoms with Crippen LogP contribution in [0.3, 0.4) is 0 Å². The monoisotopic (exact) mass is 359 g/mol. The molecule has 0 saturated carbocycles. The number of anilines is 1. The Labute approximate surface area is 152 Å². The number of carbonyl (C=O) groups is 1. The van der Waals surface area contributed by atoms with E-state index < -0.39 is 6.10 Å². The number of hydrogen-bond donors (Lipinski definition) is 2. The number of nitrogens with one attached hydrogen (secondary N) is 2. The fraction of sp³-hybridized carbons (Fsp3) is 0.474. The molecule has 2 heterocycles. The molecule has 1 saturated heterocycles. The lowest BCUT2D eigenvalue weighted by Crippen LogP contribution is -2.32. The molecule has 1 fully saturated rings. The number of aromatic amines is 1. The van der Waals surface area contributed by atoms with Crippen LogP contribution < -0.4 is 11.0 Å². The molecular formula is C19H25N3O4. The quantitative estimate of drug-likeness (QED) is 0.829. The van der Waals surface area contributed by atoms with E-state index in [2.05, 4.69) is 10.3 Å². The summed E-state index contributed by atoms with van der Waals surface area (Å²) in [6.07, 6.45) is 4.34. The summed E-state index contributed by atoms with van der Waals surface area (Å²) in [5.74, 6) is -0.226. The Morgan fingerprint density at radius 1 is 1.46 bits per heavy atom. The van der Waals surface area contributed by atoms with E-state index in [-0.39, 0.29) is 17.7 Å². The molecule has 1 aromatic carbocycles. The molecule has 0 unspecified atom stereocenters. The Morgan fingerprint density at radius 2 is 2.31 bits per heavy atom. The average Bonchev–Trinajstić information content (AvgIpc) is 2.99. The van der Waals surface area contributed by atoms with Gasteiger partial charge in [0.05, 0.1) is 18.4 Å². The van der Waals surface area contributed by atoms with Crippen molar-refractivity contribution in [2.24, 2.45) is 0 Å². The van der Waals surface area contributed by atoms with Crippen molar-refractivity contribution in [2.75, 3.05) is 18.5 Å². The van der Waals surface area contributed by atoms with E-state index >= 15 is 0 Å². The second-order valence-corrected chi connectivity index (χ2v) is 6.57. The first-order valence-electron chi connectivity index (χ1n) is 8.96. The summed E-state index contributed by atoms with van der Waals surface area (Å²) in [4.78, 5) is 26.9. The highest BCUT2D eigenvalue weighted by Crippen LogP contribution is 2.16. The van der Waals surface area contributed by atoms with Gasteiger partial charge in [-0.15, -0.1) is 0 Å². The summed E-state index contributed by atoms with van der Waals surface area (Å²) in [5.41, 5.74) is 1.89. The first kappa shape index (κ1) is 18.4. The predicted octanol–water partition coefficient (Wildman–Crippen LogP) is 2.39. The maximum absolute atomic E-state index is 12.4. The molecule has 0 aliphatic carbocycles. The van der Waals surface area contributed by atoms with Crippen LogP contribution in [0.4, 0.5) is 5.69 Å². The molecule has 2 atom stereocenters. The summed E-state index contributed by atoms with van der Waals surface area (Å²) in [6, 6.07) is 7.16. The Kier molecular flexibility index (Phi) is 5.90. The number of imidazole rings is 1. The highest BCUT2D eigenvalue weighted by molar-refractivity contribution is 5.94. The van der Waals surface area contributed by atoms with Gasteiger partial charge in [-0.3, -0.25) is 9.36 Å². The van der Waals surface area contributed by atoms with E-state index in [0.29, 0.717) is 18.0 Å². The van der Waals surface area contributed by atoms with Crippen molar-refractivity contribution in [3.05, 3.63) is 46.6 Å². The molecule has 7 nitrogen and oxygen atoms in total. The first-order chi connectivity index (χ1) is 12.5. The van der Waals surface area contributed by atoms with Gasteiger partial charge in [-0.1, -0.05) is 6.07 Å². The molecule has 3 rings (SSSR count). The average molecular weight is 359 g/mol. The van der Waals surface area contributed by atoms with Crippen LogP contribution in [0.5, 0.6) is 0 Å². The van der Waals surface area contributed by atoms with Crippen LogP contribution in [0.15, 0.2) is 35.3 Å². The van der Waals surface area contributed by atoms with Gasteiger partial charge in [0.15, 0.2) is 0 Å². The minimum absolute atomic E-state index is 0.0748. The van der Waals surface area contributed by atoms with E-state index in [9.17, 15) is 9.59 Å². The van der Waals surface area contributed by atoms with Crippen molar-refractivity contribution in [3.8, 4) is 5.69 Å². The zero-order chi connectivity index (χ0) is 18.5. The largest absolute Gasteiger partial charge is 0.376 e. The Morgan fingerprint density at radius 3 is 3.00 bits per heavy atom. The topological polar surface area (TPSA) is 85.4 Å². The fourth-order valence-electron chi connectivity index (χ4n) is 3.01. The van der Waals surface area contributed by atoms with Crippen molar-refractivity contribution >= 4 is 11.6 Å². The number of aryl methyl sites for hydroxylation is 1. The van der Waals surface area contributed by atoms with Crippen molar-refractivity contribution < 1.29 is 14.3 Å². The lowest BCUT2D eigenvalue weighted by molar-refractivity contribution is -0.130. The molecule has 0 bridgehead atoms. The lowest BCUT2D eigenvalue weighted by Gasteiger charge is -2.24. The number of aromatic nitrogens is 2. The molecule has 1 aromatic heterocycles. The minimum Gasteiger partial charge on any atom is -0.376 e. The van der Waals surface area contributed by atoms with Crippen molar-refractivity contribution in [2.45, 2.75) is 45.3 Å². The fourth-order valence-corrected chi connectivity index (χ4v) is 3.01. The van der Waals surface area contributed by atoms with E-state index in [0.717, 1.165) is 31.6 Å². The molecule has 0 radical (unpaired) electrons. The highest BCUT2D eigenvalue weighted by atomic mass is 16.5. The second-order valence-electron chi connectivity index (χ2n) is 6.57. The second kappa shape index (κ2) is 8.33. The van der Waals surface area contributed by atoms with E-state index in [1.54, 1.807) is 35.9 Å². The number of nitrogens with zero attached hydrogens (tertiary/aromatic N) is 1. The number of amides is 1. The van der Waals surface area contributed by atoms with E-state index in [1.165, 1.54) is 0 Å². The number of hydrogen-bond acceptors (Lipinski definition) is 4. The minimum atomic E-state index is -0.583. The molecule has 1 aliphatic heterocycles. The number of carbonyl (C=O) groups excluding carboxylic acids is 1. The van der Waals surface area contributed by atoms with E-state index in [1.807, 2.05) is 13.0 Å². The van der Waals surface area contributed by atoms with Gasteiger partial charge >= 0.3 is 5.69 Å². The van der Waals surface area contributed by atoms with Gasteiger partial charge in [0.25, 0.3) is 5.91 Å². The van der Waals surface area contributed by atoms with Crippen LogP contribution in [0.2, 0.25) is 0 Å². The van der Waals surface area contributed by atoms with Gasteiger partial charge in [-0.25, -0.2) is 4.79 Å². The predicted molar refractivity (Wildman–Crippen MR) is 98.8 cm³/mol. The van der Waals surface area contributed by atoms with Crippen LogP contribution in [0, 0.1) is 6.92 Å². The van der Waals surface area contributed by atoms with Crippen molar-refractivity contribution in [3.63, 3.8) is 0 Å². The summed E-state index contributed by atoms with van der Waals surface area (Å²) in [6.45, 7) is 4.75.